The summed E-state index contributed by atoms with van der Waals surface area (Å²) in [5.41, 5.74) is 0. The van der Waals surface area contributed by atoms with E-state index in [2.05, 4.69) is 9.47 Å². The first-order chi connectivity index (χ1) is 12.8. The van der Waals surface area contributed by atoms with Gasteiger partial charge in [0, 0.05) is 53.5 Å². The highest BCUT2D eigenvalue weighted by molar-refractivity contribution is 5.66. The first-order valence-electron chi connectivity index (χ1n) is 9.78. The molecule has 168 valence electrons. The zero-order valence-corrected chi connectivity index (χ0v) is 19.5. The van der Waals surface area contributed by atoms with Crippen molar-refractivity contribution in [3.8, 4) is 0 Å². The molecule has 0 bridgehead atoms. The minimum Gasteiger partial charge on any atom is -0.466 e. The maximum absolute atomic E-state index is 9.82. The number of hydrogen-bond acceptors (Lipinski definition) is 7. The quantitative estimate of drug-likeness (QED) is 0.565. The van der Waals surface area contributed by atoms with Gasteiger partial charge in [0.15, 0.2) is 0 Å². The summed E-state index contributed by atoms with van der Waals surface area (Å²) in [5.74, 6) is -0.421. The smallest absolute Gasteiger partial charge is 0.302 e. The molecule has 0 unspecified atom stereocenters. The summed E-state index contributed by atoms with van der Waals surface area (Å²) in [6.07, 6.45) is 0. The Morgan fingerprint density at radius 1 is 0.444 bits per heavy atom. The monoisotopic (exact) mass is 398 g/mol. The van der Waals surface area contributed by atoms with Crippen LogP contribution in [0, 0.1) is 0 Å². The molecule has 0 amide bonds. The normalized spacial score (nSPS) is 8.07. The maximum atomic E-state index is 9.82. The van der Waals surface area contributed by atoms with Crippen LogP contribution in [0.1, 0.15) is 69.2 Å². The third-order valence-electron chi connectivity index (χ3n) is 1.92. The van der Waals surface area contributed by atoms with Crippen LogP contribution < -0.4 is 0 Å². The lowest BCUT2D eigenvalue weighted by molar-refractivity contribution is -0.141. The molecule has 0 aromatic rings. The average Bonchev–Trinajstić information content (AvgIpc) is 2.59. The Kier molecular flexibility index (Phi) is 60.3. The molecule has 0 rings (SSSR count). The van der Waals surface area contributed by atoms with E-state index in [1.165, 1.54) is 13.8 Å². The van der Waals surface area contributed by atoms with E-state index in [-0.39, 0.29) is 11.9 Å². The van der Waals surface area contributed by atoms with E-state index in [4.69, 9.17) is 14.2 Å². The fourth-order valence-electron chi connectivity index (χ4n) is 1.02. The summed E-state index contributed by atoms with van der Waals surface area (Å²) in [6.45, 7) is 24.3. The lowest BCUT2D eigenvalue weighted by Gasteiger charge is -1.89. The van der Waals surface area contributed by atoms with Gasteiger partial charge in [-0.05, 0) is 55.4 Å². The molecule has 0 aliphatic heterocycles. The molecule has 7 heteroatoms. The van der Waals surface area contributed by atoms with Crippen molar-refractivity contribution in [2.24, 2.45) is 0 Å². The number of esters is 2. The molecule has 27 heavy (non-hydrogen) atoms. The predicted molar refractivity (Wildman–Crippen MR) is 111 cm³/mol. The van der Waals surface area contributed by atoms with Crippen LogP contribution in [0.5, 0.6) is 0 Å². The molecule has 0 atom stereocenters. The van der Waals surface area contributed by atoms with Crippen molar-refractivity contribution in [3.05, 3.63) is 0 Å². The largest absolute Gasteiger partial charge is 0.466 e. The van der Waals surface area contributed by atoms with E-state index >= 15 is 0 Å². The lowest BCUT2D eigenvalue weighted by Crippen LogP contribution is -1.95. The van der Waals surface area contributed by atoms with Gasteiger partial charge in [0.25, 0.3) is 0 Å². The van der Waals surface area contributed by atoms with Gasteiger partial charge in [-0.15, -0.1) is 0 Å². The Hall–Kier alpha value is -1.18. The molecular weight excluding hydrogens is 352 g/mol. The zero-order valence-electron chi connectivity index (χ0n) is 19.5. The van der Waals surface area contributed by atoms with Crippen LogP contribution in [0.2, 0.25) is 0 Å². The Morgan fingerprint density at radius 3 is 0.630 bits per heavy atom. The molecule has 0 saturated carbocycles. The van der Waals surface area contributed by atoms with E-state index in [0.29, 0.717) is 13.2 Å². The molecule has 0 fully saturated rings. The molecule has 0 N–H and O–H groups in total. The second kappa shape index (κ2) is 44.3. The molecule has 0 saturated heterocycles. The number of carbonyl (C=O) groups is 2. The van der Waals surface area contributed by atoms with Crippen LogP contribution in [-0.2, 0) is 33.3 Å². The van der Waals surface area contributed by atoms with Crippen LogP contribution in [-0.4, -0.2) is 64.8 Å². The first-order valence-corrected chi connectivity index (χ1v) is 9.78. The van der Waals surface area contributed by atoms with Crippen molar-refractivity contribution >= 4 is 11.9 Å². The SMILES string of the molecule is CCOC(C)=O.CCOC(C)=O.CCOCC.CCOCC.CCOCC. The summed E-state index contributed by atoms with van der Waals surface area (Å²) < 4.78 is 23.3. The Bertz CT molecular complexity index is 210. The third-order valence-corrected chi connectivity index (χ3v) is 1.92. The van der Waals surface area contributed by atoms with Gasteiger partial charge in [-0.2, -0.15) is 0 Å². The second-order valence-electron chi connectivity index (χ2n) is 4.19. The van der Waals surface area contributed by atoms with E-state index in [1.54, 1.807) is 13.8 Å². The second-order valence-corrected chi connectivity index (χ2v) is 4.19. The Balaban J connectivity index is -0.0000000749. The number of hydrogen-bond donors (Lipinski definition) is 0. The van der Waals surface area contributed by atoms with Crippen molar-refractivity contribution in [1.29, 1.82) is 0 Å². The molecule has 7 nitrogen and oxygen atoms in total. The predicted octanol–water partition coefficient (Wildman–Crippen LogP) is 4.27. The van der Waals surface area contributed by atoms with Gasteiger partial charge in [0.1, 0.15) is 0 Å². The summed E-state index contributed by atoms with van der Waals surface area (Å²) in [6, 6.07) is 0. The molecule has 0 aromatic heterocycles. The van der Waals surface area contributed by atoms with Crippen molar-refractivity contribution in [2.75, 3.05) is 52.9 Å². The van der Waals surface area contributed by atoms with Gasteiger partial charge in [-0.25, -0.2) is 0 Å². The Labute approximate surface area is 168 Å². The van der Waals surface area contributed by atoms with Crippen LogP contribution >= 0.6 is 0 Å². The third kappa shape index (κ3) is 110. The molecular formula is C20H46O7. The van der Waals surface area contributed by atoms with Gasteiger partial charge in [-0.1, -0.05) is 0 Å². The highest BCUT2D eigenvalue weighted by Crippen LogP contribution is 1.70. The number of rotatable bonds is 8. The van der Waals surface area contributed by atoms with Crippen LogP contribution in [0.4, 0.5) is 0 Å². The van der Waals surface area contributed by atoms with Crippen LogP contribution in [0.15, 0.2) is 0 Å². The first kappa shape index (κ1) is 36.7. The minimum atomic E-state index is -0.211. The molecule has 0 aliphatic carbocycles. The van der Waals surface area contributed by atoms with Gasteiger partial charge in [0.2, 0.25) is 0 Å². The van der Waals surface area contributed by atoms with E-state index < -0.39 is 0 Å². The zero-order chi connectivity index (χ0) is 22.3. The van der Waals surface area contributed by atoms with Gasteiger partial charge >= 0.3 is 11.9 Å². The van der Waals surface area contributed by atoms with Gasteiger partial charge in [0.05, 0.1) is 13.2 Å². The molecule has 0 radical (unpaired) electrons. The summed E-state index contributed by atoms with van der Waals surface area (Å²) in [4.78, 5) is 19.6. The van der Waals surface area contributed by atoms with E-state index in [9.17, 15) is 9.59 Å². The van der Waals surface area contributed by atoms with Crippen LogP contribution in [0.25, 0.3) is 0 Å². The Morgan fingerprint density at radius 2 is 0.630 bits per heavy atom. The van der Waals surface area contributed by atoms with E-state index in [1.807, 2.05) is 41.5 Å². The fourth-order valence-corrected chi connectivity index (χ4v) is 1.02. The number of carbonyl (C=O) groups excluding carboxylic acids is 2. The standard InChI is InChI=1S/2C4H8O2.3C4H10O/c2*1-3-6-4(2)5;3*1-3-5-4-2/h2*3H2,1-2H3;3*3-4H2,1-2H3. The molecule has 0 heterocycles. The van der Waals surface area contributed by atoms with E-state index in [0.717, 1.165) is 39.6 Å². The van der Waals surface area contributed by atoms with Gasteiger partial charge in [-0.3, -0.25) is 9.59 Å². The highest BCUT2D eigenvalue weighted by Gasteiger charge is 1.82. The van der Waals surface area contributed by atoms with Crippen molar-refractivity contribution < 1.29 is 33.3 Å². The topological polar surface area (TPSA) is 80.3 Å². The summed E-state index contributed by atoms with van der Waals surface area (Å²) in [5, 5.41) is 0. The van der Waals surface area contributed by atoms with Crippen molar-refractivity contribution in [3.63, 3.8) is 0 Å². The minimum absolute atomic E-state index is 0.211. The average molecular weight is 399 g/mol. The summed E-state index contributed by atoms with van der Waals surface area (Å²) >= 11 is 0. The summed E-state index contributed by atoms with van der Waals surface area (Å²) in [7, 11) is 0. The van der Waals surface area contributed by atoms with Crippen molar-refractivity contribution in [2.45, 2.75) is 69.2 Å². The fraction of sp³-hybridized carbons (Fsp3) is 0.900. The maximum Gasteiger partial charge on any atom is 0.302 e. The highest BCUT2D eigenvalue weighted by atomic mass is 16.5. The van der Waals surface area contributed by atoms with Crippen LogP contribution in [0.3, 0.4) is 0 Å². The molecule has 0 aromatic carbocycles. The molecule has 0 aliphatic rings. The molecule has 0 spiro atoms. The number of ether oxygens (including phenoxy) is 5. The lowest BCUT2D eigenvalue weighted by atomic mass is 10.8. The van der Waals surface area contributed by atoms with Gasteiger partial charge < -0.3 is 23.7 Å². The van der Waals surface area contributed by atoms with Crippen molar-refractivity contribution in [1.82, 2.24) is 0 Å².